The molecule has 0 spiro atoms. The van der Waals surface area contributed by atoms with Gasteiger partial charge < -0.3 is 10.1 Å². The van der Waals surface area contributed by atoms with Crippen molar-refractivity contribution in [3.8, 4) is 5.75 Å². The predicted molar refractivity (Wildman–Crippen MR) is 101 cm³/mol. The maximum Gasteiger partial charge on any atom is 0.259 e. The number of nitrogens with zero attached hydrogens (tertiary/aromatic N) is 2. The molecule has 0 aliphatic carbocycles. The molecule has 1 aromatic heterocycles. The Morgan fingerprint density at radius 2 is 1.88 bits per heavy atom. The van der Waals surface area contributed by atoms with E-state index in [2.05, 4.69) is 14.1 Å². The number of ether oxygens (including phenoxy) is 1. The molecular formula is C18H12ClN3O2S. The molecule has 25 heavy (non-hydrogen) atoms. The Kier molecular flexibility index (Phi) is 3.99. The summed E-state index contributed by atoms with van der Waals surface area (Å²) in [4.78, 5) is 12.9. The van der Waals surface area contributed by atoms with Crippen LogP contribution >= 0.6 is 23.3 Å². The molecular weight excluding hydrogens is 358 g/mol. The number of carbonyl (C=O) groups is 1. The smallest absolute Gasteiger partial charge is 0.259 e. The standard InChI is InChI=1S/C18H12ClN3O2S/c1-24-15-9-11-5-3-2-4-10(11)8-12(15)18(23)20-16-13(19)6-7-14-17(16)22-25-21-14/h2-9H,1H3,(H,20,23). The molecule has 1 amide bonds. The number of carbonyl (C=O) groups excluding carboxylic acids is 1. The Hall–Kier alpha value is -2.70. The van der Waals surface area contributed by atoms with E-state index in [4.69, 9.17) is 16.3 Å². The minimum atomic E-state index is -0.315. The number of hydrogen-bond acceptors (Lipinski definition) is 5. The SMILES string of the molecule is COc1cc2ccccc2cc1C(=O)Nc1c(Cl)ccc2nsnc12. The lowest BCUT2D eigenvalue weighted by Gasteiger charge is -2.12. The summed E-state index contributed by atoms with van der Waals surface area (Å²) < 4.78 is 13.8. The Morgan fingerprint density at radius 3 is 2.64 bits per heavy atom. The van der Waals surface area contributed by atoms with Gasteiger partial charge in [-0.05, 0) is 35.0 Å². The minimum Gasteiger partial charge on any atom is -0.496 e. The number of methoxy groups -OCH3 is 1. The van der Waals surface area contributed by atoms with Crippen molar-refractivity contribution < 1.29 is 9.53 Å². The lowest BCUT2D eigenvalue weighted by atomic mass is 10.1. The van der Waals surface area contributed by atoms with Crippen molar-refractivity contribution in [2.24, 2.45) is 0 Å². The van der Waals surface area contributed by atoms with Gasteiger partial charge in [-0.1, -0.05) is 35.9 Å². The van der Waals surface area contributed by atoms with Gasteiger partial charge >= 0.3 is 0 Å². The molecule has 0 aliphatic heterocycles. The van der Waals surface area contributed by atoms with E-state index in [1.165, 1.54) is 0 Å². The second kappa shape index (κ2) is 6.31. The van der Waals surface area contributed by atoms with Crippen LogP contribution in [0.25, 0.3) is 21.8 Å². The van der Waals surface area contributed by atoms with Crippen LogP contribution < -0.4 is 10.1 Å². The van der Waals surface area contributed by atoms with Crippen molar-refractivity contribution in [1.82, 2.24) is 8.75 Å². The average Bonchev–Trinajstić information content (AvgIpc) is 3.11. The van der Waals surface area contributed by atoms with Crippen molar-refractivity contribution >= 4 is 56.7 Å². The van der Waals surface area contributed by atoms with Crippen molar-refractivity contribution in [1.29, 1.82) is 0 Å². The number of amides is 1. The normalized spacial score (nSPS) is 11.0. The summed E-state index contributed by atoms with van der Waals surface area (Å²) in [6.07, 6.45) is 0. The van der Waals surface area contributed by atoms with Crippen LogP contribution in [0.3, 0.4) is 0 Å². The topological polar surface area (TPSA) is 64.1 Å². The van der Waals surface area contributed by atoms with E-state index in [1.54, 1.807) is 25.3 Å². The van der Waals surface area contributed by atoms with Gasteiger partial charge in [0.15, 0.2) is 0 Å². The summed E-state index contributed by atoms with van der Waals surface area (Å²) in [5, 5.41) is 5.21. The highest BCUT2D eigenvalue weighted by atomic mass is 35.5. The molecule has 124 valence electrons. The van der Waals surface area contributed by atoms with Crippen LogP contribution in [0.15, 0.2) is 48.5 Å². The highest BCUT2D eigenvalue weighted by Crippen LogP contribution is 2.32. The molecule has 4 aromatic rings. The molecule has 0 aliphatic rings. The average molecular weight is 370 g/mol. The molecule has 3 aromatic carbocycles. The van der Waals surface area contributed by atoms with Gasteiger partial charge in [0.1, 0.15) is 16.8 Å². The molecule has 0 bridgehead atoms. The molecule has 1 heterocycles. The fraction of sp³-hybridized carbons (Fsp3) is 0.0556. The van der Waals surface area contributed by atoms with Crippen molar-refractivity contribution in [3.63, 3.8) is 0 Å². The minimum absolute atomic E-state index is 0.315. The van der Waals surface area contributed by atoms with Gasteiger partial charge in [-0.2, -0.15) is 8.75 Å². The summed E-state index contributed by atoms with van der Waals surface area (Å²) in [5.41, 5.74) is 2.14. The number of fused-ring (bicyclic) bond motifs is 2. The third kappa shape index (κ3) is 2.79. The van der Waals surface area contributed by atoms with E-state index in [1.807, 2.05) is 30.3 Å². The lowest BCUT2D eigenvalue weighted by Crippen LogP contribution is -2.14. The van der Waals surface area contributed by atoms with Gasteiger partial charge in [-0.25, -0.2) is 0 Å². The summed E-state index contributed by atoms with van der Waals surface area (Å²) in [6, 6.07) is 14.9. The molecule has 7 heteroatoms. The first-order valence-electron chi connectivity index (χ1n) is 7.46. The summed E-state index contributed by atoms with van der Waals surface area (Å²) in [7, 11) is 1.54. The highest BCUT2D eigenvalue weighted by Gasteiger charge is 2.18. The van der Waals surface area contributed by atoms with Crippen LogP contribution in [0.2, 0.25) is 5.02 Å². The molecule has 0 unspecified atom stereocenters. The number of aromatic nitrogens is 2. The van der Waals surface area contributed by atoms with E-state index >= 15 is 0 Å². The fourth-order valence-corrected chi connectivity index (χ4v) is 3.43. The van der Waals surface area contributed by atoms with Crippen LogP contribution in [0.5, 0.6) is 5.75 Å². The van der Waals surface area contributed by atoms with Gasteiger partial charge in [0.25, 0.3) is 5.91 Å². The third-order valence-corrected chi connectivity index (χ3v) is 4.79. The van der Waals surface area contributed by atoms with Gasteiger partial charge in [-0.3, -0.25) is 4.79 Å². The quantitative estimate of drug-likeness (QED) is 0.565. The first-order chi connectivity index (χ1) is 12.2. The third-order valence-electron chi connectivity index (χ3n) is 3.93. The number of rotatable bonds is 3. The molecule has 0 saturated heterocycles. The van der Waals surface area contributed by atoms with E-state index in [-0.39, 0.29) is 5.91 Å². The fourth-order valence-electron chi connectivity index (χ4n) is 2.69. The second-order valence-corrected chi connectivity index (χ2v) is 6.34. The maximum atomic E-state index is 12.9. The van der Waals surface area contributed by atoms with Crippen LogP contribution in [-0.4, -0.2) is 21.8 Å². The van der Waals surface area contributed by atoms with Gasteiger partial charge in [0.2, 0.25) is 0 Å². The molecule has 0 atom stereocenters. The Bertz CT molecular complexity index is 1110. The van der Waals surface area contributed by atoms with Crippen LogP contribution in [0.1, 0.15) is 10.4 Å². The van der Waals surface area contributed by atoms with Gasteiger partial charge in [-0.15, -0.1) is 0 Å². The van der Waals surface area contributed by atoms with Crippen LogP contribution in [0.4, 0.5) is 5.69 Å². The maximum absolute atomic E-state index is 12.9. The molecule has 0 saturated carbocycles. The largest absolute Gasteiger partial charge is 0.496 e. The van der Waals surface area contributed by atoms with E-state index < -0.39 is 0 Å². The number of anilines is 1. The Labute approximate surface area is 152 Å². The molecule has 1 N–H and O–H groups in total. The van der Waals surface area contributed by atoms with E-state index in [0.29, 0.717) is 33.1 Å². The van der Waals surface area contributed by atoms with Crippen molar-refractivity contribution in [2.45, 2.75) is 0 Å². The highest BCUT2D eigenvalue weighted by molar-refractivity contribution is 7.00. The number of hydrogen-bond donors (Lipinski definition) is 1. The van der Waals surface area contributed by atoms with E-state index in [0.717, 1.165) is 22.5 Å². The monoisotopic (exact) mass is 369 g/mol. The Balaban J connectivity index is 1.79. The molecule has 5 nitrogen and oxygen atoms in total. The lowest BCUT2D eigenvalue weighted by molar-refractivity contribution is 0.102. The summed E-state index contributed by atoms with van der Waals surface area (Å²) >= 11 is 7.32. The van der Waals surface area contributed by atoms with Crippen molar-refractivity contribution in [2.75, 3.05) is 12.4 Å². The van der Waals surface area contributed by atoms with Gasteiger partial charge in [0.05, 0.1) is 35.1 Å². The second-order valence-electron chi connectivity index (χ2n) is 5.41. The number of halogens is 1. The first-order valence-corrected chi connectivity index (χ1v) is 8.57. The predicted octanol–water partition coefficient (Wildman–Crippen LogP) is 4.76. The van der Waals surface area contributed by atoms with Gasteiger partial charge in [0, 0.05) is 0 Å². The summed E-state index contributed by atoms with van der Waals surface area (Å²) in [5.74, 6) is 0.181. The molecule has 0 fully saturated rings. The first kappa shape index (κ1) is 15.8. The number of nitrogens with one attached hydrogen (secondary N) is 1. The molecule has 4 rings (SSSR count). The zero-order chi connectivity index (χ0) is 17.4. The van der Waals surface area contributed by atoms with Crippen molar-refractivity contribution in [3.05, 3.63) is 59.1 Å². The Morgan fingerprint density at radius 1 is 1.12 bits per heavy atom. The van der Waals surface area contributed by atoms with E-state index in [9.17, 15) is 4.79 Å². The zero-order valence-electron chi connectivity index (χ0n) is 13.1. The van der Waals surface area contributed by atoms with Crippen LogP contribution in [0, 0.1) is 0 Å². The number of benzene rings is 3. The molecule has 0 radical (unpaired) electrons. The summed E-state index contributed by atoms with van der Waals surface area (Å²) in [6.45, 7) is 0. The van der Waals surface area contributed by atoms with Crippen LogP contribution in [-0.2, 0) is 0 Å². The zero-order valence-corrected chi connectivity index (χ0v) is 14.7.